The molecule has 0 unspecified atom stereocenters. The van der Waals surface area contributed by atoms with Crippen molar-refractivity contribution in [2.24, 2.45) is 5.90 Å². The maximum atomic E-state index is 6.33. The van der Waals surface area contributed by atoms with Gasteiger partial charge >= 0.3 is 0 Å². The van der Waals surface area contributed by atoms with Crippen LogP contribution in [0.3, 0.4) is 0 Å². The highest BCUT2D eigenvalue weighted by molar-refractivity contribution is 6.33. The van der Waals surface area contributed by atoms with Gasteiger partial charge in [-0.15, -0.1) is 0 Å². The Bertz CT molecular complexity index is 364. The van der Waals surface area contributed by atoms with Gasteiger partial charge in [-0.1, -0.05) is 17.7 Å². The second-order valence-electron chi connectivity index (χ2n) is 4.45. The molecule has 94 valence electrons. The third-order valence-corrected chi connectivity index (χ3v) is 3.52. The van der Waals surface area contributed by atoms with E-state index >= 15 is 0 Å². The van der Waals surface area contributed by atoms with Gasteiger partial charge in [0.15, 0.2) is 0 Å². The topological polar surface area (TPSA) is 38.5 Å². The molecule has 1 aliphatic heterocycles. The fourth-order valence-electron chi connectivity index (χ4n) is 2.27. The van der Waals surface area contributed by atoms with Crippen LogP contribution in [0.5, 0.6) is 0 Å². The van der Waals surface area contributed by atoms with Crippen LogP contribution in [0.25, 0.3) is 0 Å². The van der Waals surface area contributed by atoms with Crippen LogP contribution in [0, 0.1) is 0 Å². The molecule has 3 nitrogen and oxygen atoms in total. The molecule has 1 fully saturated rings. The van der Waals surface area contributed by atoms with E-state index in [-0.39, 0.29) is 0 Å². The Morgan fingerprint density at radius 3 is 2.65 bits per heavy atom. The fourth-order valence-corrected chi connectivity index (χ4v) is 2.60. The van der Waals surface area contributed by atoms with Crippen LogP contribution in [0.2, 0.25) is 5.02 Å². The number of halogens is 1. The Morgan fingerprint density at radius 1 is 1.24 bits per heavy atom. The number of hydrogen-bond acceptors (Lipinski definition) is 3. The van der Waals surface area contributed by atoms with Gasteiger partial charge in [0.2, 0.25) is 0 Å². The van der Waals surface area contributed by atoms with E-state index in [0.29, 0.717) is 6.61 Å². The second-order valence-corrected chi connectivity index (χ2v) is 4.86. The molecule has 0 spiro atoms. The zero-order valence-electron chi connectivity index (χ0n) is 9.99. The Morgan fingerprint density at radius 2 is 2.00 bits per heavy atom. The Kier molecular flexibility index (Phi) is 4.66. The van der Waals surface area contributed by atoms with Crippen molar-refractivity contribution in [3.05, 3.63) is 28.8 Å². The van der Waals surface area contributed by atoms with Crippen LogP contribution in [0.4, 0.5) is 5.69 Å². The molecule has 0 atom stereocenters. The summed E-state index contributed by atoms with van der Waals surface area (Å²) in [5.74, 6) is 5.02. The molecular formula is C13H19ClN2O. The van der Waals surface area contributed by atoms with Gasteiger partial charge in [0.25, 0.3) is 0 Å². The molecule has 1 saturated heterocycles. The third-order valence-electron chi connectivity index (χ3n) is 3.22. The van der Waals surface area contributed by atoms with Crippen LogP contribution in [0.15, 0.2) is 18.2 Å². The highest BCUT2D eigenvalue weighted by Gasteiger charge is 2.13. The molecule has 0 radical (unpaired) electrons. The minimum atomic E-state index is 0.527. The normalized spacial score (nSPS) is 16.2. The Labute approximate surface area is 107 Å². The van der Waals surface area contributed by atoms with Gasteiger partial charge in [0.1, 0.15) is 0 Å². The zero-order valence-corrected chi connectivity index (χ0v) is 10.7. The lowest BCUT2D eigenvalue weighted by atomic mass is 10.1. The van der Waals surface area contributed by atoms with Crippen molar-refractivity contribution in [2.75, 3.05) is 24.6 Å². The second kappa shape index (κ2) is 6.24. The van der Waals surface area contributed by atoms with Crippen molar-refractivity contribution < 1.29 is 4.84 Å². The molecule has 2 N–H and O–H groups in total. The summed E-state index contributed by atoms with van der Waals surface area (Å²) in [5.41, 5.74) is 2.32. The van der Waals surface area contributed by atoms with Crippen LogP contribution < -0.4 is 10.8 Å². The quantitative estimate of drug-likeness (QED) is 0.840. The van der Waals surface area contributed by atoms with E-state index in [1.807, 2.05) is 6.07 Å². The summed E-state index contributed by atoms with van der Waals surface area (Å²) in [4.78, 5) is 6.95. The Hall–Kier alpha value is -0.770. The summed E-state index contributed by atoms with van der Waals surface area (Å²) in [5, 5.41) is 0.835. The van der Waals surface area contributed by atoms with Gasteiger partial charge in [-0.05, 0) is 43.4 Å². The molecular weight excluding hydrogens is 236 g/mol. The number of nitrogens with zero attached hydrogens (tertiary/aromatic N) is 1. The first-order valence-corrected chi connectivity index (χ1v) is 6.54. The standard InChI is InChI=1S/C13H19ClN2O/c14-12-10-11(6-9-17-15)4-5-13(12)16-7-2-1-3-8-16/h4-5,10H,1-3,6-9,15H2. The van der Waals surface area contributed by atoms with Gasteiger partial charge < -0.3 is 9.74 Å². The van der Waals surface area contributed by atoms with Crippen molar-refractivity contribution in [3.63, 3.8) is 0 Å². The molecule has 1 aromatic rings. The molecule has 0 saturated carbocycles. The van der Waals surface area contributed by atoms with E-state index in [1.165, 1.54) is 24.8 Å². The number of rotatable bonds is 4. The summed E-state index contributed by atoms with van der Waals surface area (Å²) < 4.78 is 0. The van der Waals surface area contributed by atoms with Crippen LogP contribution in [0.1, 0.15) is 24.8 Å². The number of nitrogens with two attached hydrogens (primary N) is 1. The highest BCUT2D eigenvalue weighted by Crippen LogP contribution is 2.29. The minimum absolute atomic E-state index is 0.527. The first-order valence-electron chi connectivity index (χ1n) is 6.16. The first kappa shape index (κ1) is 12.7. The summed E-state index contributed by atoms with van der Waals surface area (Å²) in [6, 6.07) is 6.23. The minimum Gasteiger partial charge on any atom is -0.370 e. The summed E-state index contributed by atoms with van der Waals surface area (Å²) in [7, 11) is 0. The highest BCUT2D eigenvalue weighted by atomic mass is 35.5. The van der Waals surface area contributed by atoms with Crippen molar-refractivity contribution in [3.8, 4) is 0 Å². The maximum absolute atomic E-state index is 6.33. The van der Waals surface area contributed by atoms with Crippen LogP contribution >= 0.6 is 11.6 Å². The number of piperidine rings is 1. The van der Waals surface area contributed by atoms with Crippen molar-refractivity contribution in [2.45, 2.75) is 25.7 Å². The average molecular weight is 255 g/mol. The molecule has 1 aromatic carbocycles. The molecule has 0 aromatic heterocycles. The van der Waals surface area contributed by atoms with Gasteiger partial charge in [-0.25, -0.2) is 5.90 Å². The van der Waals surface area contributed by atoms with Crippen LogP contribution in [-0.2, 0) is 11.3 Å². The van der Waals surface area contributed by atoms with Crippen molar-refractivity contribution in [1.29, 1.82) is 0 Å². The molecule has 4 heteroatoms. The molecule has 0 bridgehead atoms. The Balaban J connectivity index is 2.07. The third kappa shape index (κ3) is 3.35. The fraction of sp³-hybridized carbons (Fsp3) is 0.538. The molecule has 17 heavy (non-hydrogen) atoms. The van der Waals surface area contributed by atoms with Crippen LogP contribution in [-0.4, -0.2) is 19.7 Å². The van der Waals surface area contributed by atoms with Gasteiger partial charge in [-0.2, -0.15) is 0 Å². The summed E-state index contributed by atoms with van der Waals surface area (Å²) in [6.45, 7) is 2.76. The van der Waals surface area contributed by atoms with Gasteiger partial charge in [0.05, 0.1) is 17.3 Å². The van der Waals surface area contributed by atoms with E-state index in [2.05, 4.69) is 21.9 Å². The first-order chi connectivity index (χ1) is 8.31. The summed E-state index contributed by atoms with van der Waals surface area (Å²) >= 11 is 6.33. The predicted octanol–water partition coefficient (Wildman–Crippen LogP) is 2.76. The van der Waals surface area contributed by atoms with E-state index < -0.39 is 0 Å². The molecule has 1 heterocycles. The monoisotopic (exact) mass is 254 g/mol. The SMILES string of the molecule is NOCCc1ccc(N2CCCCC2)c(Cl)c1. The van der Waals surface area contributed by atoms with Crippen molar-refractivity contribution in [1.82, 2.24) is 0 Å². The average Bonchev–Trinajstić information content (AvgIpc) is 2.37. The predicted molar refractivity (Wildman–Crippen MR) is 71.4 cm³/mol. The largest absolute Gasteiger partial charge is 0.370 e. The van der Waals surface area contributed by atoms with E-state index in [4.69, 9.17) is 17.5 Å². The van der Waals surface area contributed by atoms with E-state index in [1.54, 1.807) is 0 Å². The lowest BCUT2D eigenvalue weighted by Crippen LogP contribution is -2.29. The number of hydrogen-bond donors (Lipinski definition) is 1. The number of anilines is 1. The summed E-state index contributed by atoms with van der Waals surface area (Å²) in [6.07, 6.45) is 4.66. The number of benzene rings is 1. The van der Waals surface area contributed by atoms with Gasteiger partial charge in [-0.3, -0.25) is 0 Å². The van der Waals surface area contributed by atoms with E-state index in [0.717, 1.165) is 30.2 Å². The molecule has 0 amide bonds. The lowest BCUT2D eigenvalue weighted by Gasteiger charge is -2.29. The molecule has 0 aliphatic carbocycles. The smallest absolute Gasteiger partial charge is 0.0719 e. The maximum Gasteiger partial charge on any atom is 0.0719 e. The molecule has 2 rings (SSSR count). The van der Waals surface area contributed by atoms with Crippen molar-refractivity contribution >= 4 is 17.3 Å². The van der Waals surface area contributed by atoms with E-state index in [9.17, 15) is 0 Å². The zero-order chi connectivity index (χ0) is 12.1. The lowest BCUT2D eigenvalue weighted by molar-refractivity contribution is 0.141. The molecule has 1 aliphatic rings. The van der Waals surface area contributed by atoms with Gasteiger partial charge in [0, 0.05) is 13.1 Å².